The van der Waals surface area contributed by atoms with E-state index in [9.17, 15) is 0 Å². The van der Waals surface area contributed by atoms with Gasteiger partial charge in [-0.05, 0) is 35.9 Å². The maximum absolute atomic E-state index is 5.42. The Morgan fingerprint density at radius 1 is 0.880 bits per heavy atom. The van der Waals surface area contributed by atoms with Crippen LogP contribution in [0.2, 0.25) is 0 Å². The topological polar surface area (TPSA) is 12.2 Å². The summed E-state index contributed by atoms with van der Waals surface area (Å²) < 4.78 is 7.92. The number of ether oxygens (including phenoxy) is 1. The molecule has 0 radical (unpaired) electrons. The van der Waals surface area contributed by atoms with Gasteiger partial charge in [0.2, 0.25) is 5.71 Å². The van der Waals surface area contributed by atoms with Crippen LogP contribution in [0.1, 0.15) is 22.3 Å². The fourth-order valence-electron chi connectivity index (χ4n) is 3.57. The molecular formula is C23H22NO+. The summed E-state index contributed by atoms with van der Waals surface area (Å²) in [4.78, 5) is 0. The Kier molecular flexibility index (Phi) is 4.34. The number of hydrogen-bond donors (Lipinski definition) is 0. The quantitative estimate of drug-likeness (QED) is 0.650. The third-order valence-corrected chi connectivity index (χ3v) is 4.80. The highest BCUT2D eigenvalue weighted by atomic mass is 16.5. The molecule has 25 heavy (non-hydrogen) atoms. The molecule has 0 N–H and O–H groups in total. The first-order chi connectivity index (χ1) is 12.3. The second kappa shape index (κ2) is 6.94. The predicted molar refractivity (Wildman–Crippen MR) is 102 cm³/mol. The second-order valence-corrected chi connectivity index (χ2v) is 6.39. The highest BCUT2D eigenvalue weighted by Gasteiger charge is 2.27. The summed E-state index contributed by atoms with van der Waals surface area (Å²) in [7, 11) is 1.73. The lowest BCUT2D eigenvalue weighted by atomic mass is 9.92. The molecule has 0 unspecified atom stereocenters. The van der Waals surface area contributed by atoms with E-state index in [1.807, 2.05) is 0 Å². The molecule has 0 bridgehead atoms. The van der Waals surface area contributed by atoms with Crippen molar-refractivity contribution in [2.45, 2.75) is 13.0 Å². The number of nitrogens with zero attached hydrogens (tertiary/aromatic N) is 1. The minimum Gasteiger partial charge on any atom is -0.497 e. The van der Waals surface area contributed by atoms with Crippen LogP contribution in [0.3, 0.4) is 0 Å². The van der Waals surface area contributed by atoms with E-state index in [1.165, 1.54) is 28.0 Å². The largest absolute Gasteiger partial charge is 0.497 e. The Balaban J connectivity index is 1.85. The first-order valence-electron chi connectivity index (χ1n) is 8.73. The Bertz CT molecular complexity index is 898. The lowest BCUT2D eigenvalue weighted by Crippen LogP contribution is -2.30. The fourth-order valence-corrected chi connectivity index (χ4v) is 3.57. The fraction of sp³-hybridized carbons (Fsp3) is 0.174. The number of benzene rings is 3. The molecule has 0 fully saturated rings. The van der Waals surface area contributed by atoms with Gasteiger partial charge in [0.25, 0.3) is 0 Å². The summed E-state index contributed by atoms with van der Waals surface area (Å²) in [6.45, 7) is 1.94. The van der Waals surface area contributed by atoms with Crippen molar-refractivity contribution in [3.8, 4) is 5.75 Å². The molecule has 2 heteroatoms. The second-order valence-electron chi connectivity index (χ2n) is 6.39. The average molecular weight is 328 g/mol. The van der Waals surface area contributed by atoms with E-state index in [0.29, 0.717) is 0 Å². The van der Waals surface area contributed by atoms with Crippen molar-refractivity contribution in [1.29, 1.82) is 0 Å². The van der Waals surface area contributed by atoms with Crippen molar-refractivity contribution >= 4 is 5.71 Å². The Morgan fingerprint density at radius 3 is 2.32 bits per heavy atom. The van der Waals surface area contributed by atoms with Crippen LogP contribution in [0, 0.1) is 0 Å². The van der Waals surface area contributed by atoms with Crippen molar-refractivity contribution < 1.29 is 9.31 Å². The van der Waals surface area contributed by atoms with E-state index in [2.05, 4.69) is 83.4 Å². The van der Waals surface area contributed by atoms with E-state index in [0.717, 1.165) is 25.3 Å². The van der Waals surface area contributed by atoms with Gasteiger partial charge in [-0.2, -0.15) is 0 Å². The highest BCUT2D eigenvalue weighted by Crippen LogP contribution is 2.25. The van der Waals surface area contributed by atoms with Crippen LogP contribution in [0.25, 0.3) is 0 Å². The maximum Gasteiger partial charge on any atom is 0.215 e. The smallest absolute Gasteiger partial charge is 0.215 e. The minimum atomic E-state index is 0.927. The van der Waals surface area contributed by atoms with E-state index in [1.54, 1.807) is 7.11 Å². The molecule has 1 heterocycles. The Labute approximate surface area is 149 Å². The van der Waals surface area contributed by atoms with Crippen LogP contribution < -0.4 is 4.74 Å². The molecule has 1 aliphatic heterocycles. The lowest BCUT2D eigenvalue weighted by molar-refractivity contribution is -0.544. The summed E-state index contributed by atoms with van der Waals surface area (Å²) in [5.41, 5.74) is 6.60. The monoisotopic (exact) mass is 328 g/mol. The summed E-state index contributed by atoms with van der Waals surface area (Å²) in [5, 5.41) is 0. The van der Waals surface area contributed by atoms with Gasteiger partial charge in [-0.3, -0.25) is 0 Å². The Morgan fingerprint density at radius 2 is 1.60 bits per heavy atom. The van der Waals surface area contributed by atoms with Crippen molar-refractivity contribution in [2.24, 2.45) is 0 Å². The van der Waals surface area contributed by atoms with Crippen LogP contribution in [0.15, 0.2) is 78.9 Å². The van der Waals surface area contributed by atoms with Gasteiger partial charge in [0, 0.05) is 17.5 Å². The van der Waals surface area contributed by atoms with Crippen LogP contribution in [0.5, 0.6) is 5.75 Å². The van der Waals surface area contributed by atoms with Gasteiger partial charge in [-0.1, -0.05) is 48.5 Å². The number of fused-ring (bicyclic) bond motifs is 1. The van der Waals surface area contributed by atoms with Crippen LogP contribution >= 0.6 is 0 Å². The molecule has 0 aromatic heterocycles. The molecule has 3 aromatic rings. The van der Waals surface area contributed by atoms with E-state index in [4.69, 9.17) is 4.74 Å². The number of rotatable bonds is 4. The molecule has 0 saturated heterocycles. The van der Waals surface area contributed by atoms with E-state index >= 15 is 0 Å². The van der Waals surface area contributed by atoms with E-state index < -0.39 is 0 Å². The predicted octanol–water partition coefficient (Wildman–Crippen LogP) is 4.30. The molecule has 3 aromatic carbocycles. The molecule has 0 atom stereocenters. The maximum atomic E-state index is 5.42. The summed E-state index contributed by atoms with van der Waals surface area (Å²) in [5.74, 6) is 0.933. The third-order valence-electron chi connectivity index (χ3n) is 4.80. The first-order valence-corrected chi connectivity index (χ1v) is 8.73. The van der Waals surface area contributed by atoms with Crippen LogP contribution in [-0.2, 0) is 13.0 Å². The van der Waals surface area contributed by atoms with E-state index in [-0.39, 0.29) is 0 Å². The summed E-state index contributed by atoms with van der Waals surface area (Å²) in [6.07, 6.45) is 1.04. The van der Waals surface area contributed by atoms with Crippen molar-refractivity contribution in [2.75, 3.05) is 13.7 Å². The zero-order valence-corrected chi connectivity index (χ0v) is 14.5. The standard InChI is InChI=1S/C23H22NO/c1-25-21-12-13-22-20(16-21)14-15-24(17-18-8-4-2-5-9-18)23(22)19-10-6-3-7-11-19/h2-13,16H,14-15,17H2,1H3/q+1. The minimum absolute atomic E-state index is 0.927. The molecule has 124 valence electrons. The summed E-state index contributed by atoms with van der Waals surface area (Å²) >= 11 is 0. The van der Waals surface area contributed by atoms with Crippen molar-refractivity contribution in [3.05, 3.63) is 101 Å². The van der Waals surface area contributed by atoms with Crippen LogP contribution in [-0.4, -0.2) is 23.9 Å². The van der Waals surface area contributed by atoms with Gasteiger partial charge in [-0.25, -0.2) is 4.58 Å². The first kappa shape index (κ1) is 15.6. The zero-order valence-electron chi connectivity index (χ0n) is 14.5. The molecule has 2 nitrogen and oxygen atoms in total. The van der Waals surface area contributed by atoms with Crippen LogP contribution in [0.4, 0.5) is 0 Å². The van der Waals surface area contributed by atoms with Crippen molar-refractivity contribution in [3.63, 3.8) is 0 Å². The molecule has 0 spiro atoms. The molecule has 4 rings (SSSR count). The van der Waals surface area contributed by atoms with Gasteiger partial charge in [-0.15, -0.1) is 0 Å². The molecule has 0 amide bonds. The third kappa shape index (κ3) is 3.20. The van der Waals surface area contributed by atoms with Gasteiger partial charge in [0.05, 0.1) is 12.7 Å². The highest BCUT2D eigenvalue weighted by molar-refractivity contribution is 6.11. The molecule has 0 saturated carbocycles. The number of hydrogen-bond acceptors (Lipinski definition) is 1. The molecular weight excluding hydrogens is 306 g/mol. The van der Waals surface area contributed by atoms with Gasteiger partial charge >= 0.3 is 0 Å². The lowest BCUT2D eigenvalue weighted by Gasteiger charge is -2.19. The average Bonchev–Trinajstić information content (AvgIpc) is 2.69. The molecule has 0 aliphatic carbocycles. The van der Waals surface area contributed by atoms with Gasteiger partial charge in [0.15, 0.2) is 6.54 Å². The SMILES string of the molecule is COc1ccc2c(c1)CC[N+](Cc1ccccc1)=C2c1ccccc1. The molecule has 1 aliphatic rings. The van der Waals surface area contributed by atoms with Crippen molar-refractivity contribution in [1.82, 2.24) is 0 Å². The normalized spacial score (nSPS) is 13.5. The number of methoxy groups -OCH3 is 1. The summed E-state index contributed by atoms with van der Waals surface area (Å²) in [6, 6.07) is 27.8. The van der Waals surface area contributed by atoms with Gasteiger partial charge < -0.3 is 4.74 Å². The zero-order chi connectivity index (χ0) is 17.1. The van der Waals surface area contributed by atoms with Gasteiger partial charge in [0.1, 0.15) is 12.3 Å². The Hall–Kier alpha value is -2.87.